The van der Waals surface area contributed by atoms with Gasteiger partial charge in [-0.1, -0.05) is 0 Å². The number of nitrogens with one attached hydrogen (secondary N) is 1. The summed E-state index contributed by atoms with van der Waals surface area (Å²) in [6.07, 6.45) is 0.669. The largest absolute Gasteiger partial charge is 0.340 e. The minimum atomic E-state index is 0.219. The molecule has 19 heavy (non-hydrogen) atoms. The second-order valence-electron chi connectivity index (χ2n) is 6.47. The van der Waals surface area contributed by atoms with E-state index in [0.717, 1.165) is 38.5 Å². The predicted octanol–water partition coefficient (Wildman–Crippen LogP) is 1.02. The van der Waals surface area contributed by atoms with Crippen LogP contribution in [0.25, 0.3) is 0 Å². The van der Waals surface area contributed by atoms with Gasteiger partial charge < -0.3 is 10.2 Å². The molecule has 5 heteroatoms. The van der Waals surface area contributed by atoms with Crippen molar-refractivity contribution in [2.45, 2.75) is 38.8 Å². The van der Waals surface area contributed by atoms with Gasteiger partial charge in [0.15, 0.2) is 0 Å². The molecular weight excluding hydrogens is 258 g/mol. The first-order chi connectivity index (χ1) is 8.97. The first kappa shape index (κ1) is 15.1. The topological polar surface area (TPSA) is 35.6 Å². The van der Waals surface area contributed by atoms with Crippen LogP contribution in [0.15, 0.2) is 0 Å². The Labute approximate surface area is 121 Å². The van der Waals surface area contributed by atoms with Gasteiger partial charge in [0, 0.05) is 62.2 Å². The fraction of sp³-hybridized carbons (Fsp3) is 0.929. The molecule has 1 unspecified atom stereocenters. The van der Waals surface area contributed by atoms with Gasteiger partial charge in [-0.2, -0.15) is 11.8 Å². The molecule has 1 amide bonds. The highest BCUT2D eigenvalue weighted by atomic mass is 32.2. The summed E-state index contributed by atoms with van der Waals surface area (Å²) in [6.45, 7) is 11.5. The number of carbonyl (C=O) groups excluding carboxylic acids is 1. The van der Waals surface area contributed by atoms with Crippen molar-refractivity contribution in [2.75, 3.05) is 44.2 Å². The second-order valence-corrected chi connectivity index (χ2v) is 7.62. The monoisotopic (exact) mass is 285 g/mol. The molecule has 4 nitrogen and oxygen atoms in total. The molecule has 2 aliphatic heterocycles. The molecular formula is C14H27N3OS. The van der Waals surface area contributed by atoms with Crippen molar-refractivity contribution in [3.05, 3.63) is 0 Å². The maximum atomic E-state index is 12.3. The van der Waals surface area contributed by atoms with Gasteiger partial charge in [0.05, 0.1) is 0 Å². The zero-order valence-corrected chi connectivity index (χ0v) is 13.3. The van der Waals surface area contributed by atoms with E-state index in [9.17, 15) is 4.79 Å². The Bertz CT molecular complexity index is 302. The van der Waals surface area contributed by atoms with Gasteiger partial charge in [-0.05, 0) is 20.8 Å². The predicted molar refractivity (Wildman–Crippen MR) is 81.6 cm³/mol. The molecule has 2 fully saturated rings. The van der Waals surface area contributed by atoms with Gasteiger partial charge in [0.1, 0.15) is 0 Å². The maximum absolute atomic E-state index is 12.3. The van der Waals surface area contributed by atoms with Crippen molar-refractivity contribution < 1.29 is 4.79 Å². The minimum absolute atomic E-state index is 0.219. The fourth-order valence-electron chi connectivity index (χ4n) is 2.72. The van der Waals surface area contributed by atoms with E-state index in [1.807, 2.05) is 16.7 Å². The Morgan fingerprint density at radius 2 is 1.95 bits per heavy atom. The second kappa shape index (κ2) is 6.46. The molecule has 2 aliphatic rings. The number of piperazine rings is 1. The van der Waals surface area contributed by atoms with Crippen LogP contribution in [0.2, 0.25) is 0 Å². The van der Waals surface area contributed by atoms with Crippen molar-refractivity contribution >= 4 is 17.7 Å². The molecule has 0 spiro atoms. The number of thioether (sulfide) groups is 1. The lowest BCUT2D eigenvalue weighted by molar-refractivity contribution is -0.134. The summed E-state index contributed by atoms with van der Waals surface area (Å²) in [5, 5.41) is 3.44. The normalized spacial score (nSPS) is 26.5. The van der Waals surface area contributed by atoms with Gasteiger partial charge in [-0.3, -0.25) is 9.69 Å². The van der Waals surface area contributed by atoms with Crippen LogP contribution in [0.3, 0.4) is 0 Å². The molecule has 0 bridgehead atoms. The Kier molecular flexibility index (Phi) is 5.15. The third-order valence-electron chi connectivity index (χ3n) is 4.00. The lowest BCUT2D eigenvalue weighted by Gasteiger charge is -2.42. The van der Waals surface area contributed by atoms with E-state index in [4.69, 9.17) is 0 Å². The van der Waals surface area contributed by atoms with Crippen LogP contribution in [-0.4, -0.2) is 71.5 Å². The lowest BCUT2D eigenvalue weighted by Crippen LogP contribution is -2.55. The summed E-state index contributed by atoms with van der Waals surface area (Å²) in [7, 11) is 0. The number of hydrogen-bond donors (Lipinski definition) is 1. The van der Waals surface area contributed by atoms with Crippen LogP contribution in [0.4, 0.5) is 0 Å². The van der Waals surface area contributed by atoms with E-state index in [1.54, 1.807) is 0 Å². The lowest BCUT2D eigenvalue weighted by atomic mass is 10.0. The first-order valence-corrected chi connectivity index (χ1v) is 8.46. The molecule has 2 heterocycles. The average Bonchev–Trinajstić information content (AvgIpc) is 2.39. The maximum Gasteiger partial charge on any atom is 0.224 e. The smallest absolute Gasteiger partial charge is 0.224 e. The summed E-state index contributed by atoms with van der Waals surface area (Å²) in [5.41, 5.74) is 0.219. The van der Waals surface area contributed by atoms with E-state index in [0.29, 0.717) is 18.4 Å². The highest BCUT2D eigenvalue weighted by Gasteiger charge is 2.28. The molecule has 0 aromatic heterocycles. The van der Waals surface area contributed by atoms with Gasteiger partial charge in [0.25, 0.3) is 0 Å². The van der Waals surface area contributed by atoms with E-state index in [2.05, 4.69) is 31.0 Å². The molecule has 2 rings (SSSR count). The number of rotatable bonds is 2. The van der Waals surface area contributed by atoms with Crippen molar-refractivity contribution in [1.29, 1.82) is 0 Å². The number of amides is 1. The third-order valence-corrected chi connectivity index (χ3v) is 5.13. The molecule has 0 aliphatic carbocycles. The van der Waals surface area contributed by atoms with Gasteiger partial charge >= 0.3 is 0 Å². The summed E-state index contributed by atoms with van der Waals surface area (Å²) >= 11 is 1.95. The fourth-order valence-corrected chi connectivity index (χ4v) is 3.67. The third kappa shape index (κ3) is 4.36. The van der Waals surface area contributed by atoms with Crippen molar-refractivity contribution in [2.24, 2.45) is 0 Å². The minimum Gasteiger partial charge on any atom is -0.340 e. The molecule has 0 aromatic rings. The standard InChI is InChI=1S/C14H27N3OS/c1-14(2,3)17-7-5-16(6-8-17)13(18)10-12-11-19-9-4-15-12/h12,15H,4-11H2,1-3H3. The SMILES string of the molecule is CC(C)(C)N1CCN(C(=O)CC2CSCCN2)CC1. The average molecular weight is 285 g/mol. The Morgan fingerprint density at radius 3 is 2.47 bits per heavy atom. The summed E-state index contributed by atoms with van der Waals surface area (Å²) in [6, 6.07) is 0.381. The van der Waals surface area contributed by atoms with Crippen LogP contribution < -0.4 is 5.32 Å². The van der Waals surface area contributed by atoms with Crippen LogP contribution >= 0.6 is 11.8 Å². The molecule has 110 valence electrons. The van der Waals surface area contributed by atoms with E-state index >= 15 is 0 Å². The highest BCUT2D eigenvalue weighted by molar-refractivity contribution is 7.99. The van der Waals surface area contributed by atoms with Crippen molar-refractivity contribution in [1.82, 2.24) is 15.1 Å². The molecule has 0 radical (unpaired) electrons. The molecule has 2 saturated heterocycles. The zero-order chi connectivity index (χ0) is 13.9. The summed E-state index contributed by atoms with van der Waals surface area (Å²) in [4.78, 5) is 16.8. The van der Waals surface area contributed by atoms with E-state index in [-0.39, 0.29) is 5.54 Å². The summed E-state index contributed by atoms with van der Waals surface area (Å²) in [5.74, 6) is 2.58. The molecule has 0 aromatic carbocycles. The van der Waals surface area contributed by atoms with Gasteiger partial charge in [-0.25, -0.2) is 0 Å². The molecule has 0 saturated carbocycles. The Balaban J connectivity index is 1.76. The van der Waals surface area contributed by atoms with Gasteiger partial charge in [0.2, 0.25) is 5.91 Å². The number of hydrogen-bond acceptors (Lipinski definition) is 4. The van der Waals surface area contributed by atoms with Crippen molar-refractivity contribution in [3.63, 3.8) is 0 Å². The Hall–Kier alpha value is -0.260. The van der Waals surface area contributed by atoms with E-state index < -0.39 is 0 Å². The summed E-state index contributed by atoms with van der Waals surface area (Å²) < 4.78 is 0. The molecule has 1 atom stereocenters. The quantitative estimate of drug-likeness (QED) is 0.822. The number of carbonyl (C=O) groups is 1. The first-order valence-electron chi connectivity index (χ1n) is 7.31. The van der Waals surface area contributed by atoms with Crippen LogP contribution in [0.5, 0.6) is 0 Å². The van der Waals surface area contributed by atoms with Crippen LogP contribution in [-0.2, 0) is 4.79 Å². The van der Waals surface area contributed by atoms with E-state index in [1.165, 1.54) is 5.75 Å². The van der Waals surface area contributed by atoms with Crippen LogP contribution in [0.1, 0.15) is 27.2 Å². The Morgan fingerprint density at radius 1 is 1.26 bits per heavy atom. The highest BCUT2D eigenvalue weighted by Crippen LogP contribution is 2.17. The van der Waals surface area contributed by atoms with Crippen molar-refractivity contribution in [3.8, 4) is 0 Å². The number of nitrogens with zero attached hydrogens (tertiary/aromatic N) is 2. The molecule has 1 N–H and O–H groups in total. The van der Waals surface area contributed by atoms with Gasteiger partial charge in [-0.15, -0.1) is 0 Å². The zero-order valence-electron chi connectivity index (χ0n) is 12.4. The van der Waals surface area contributed by atoms with Crippen LogP contribution in [0, 0.1) is 0 Å².